The van der Waals surface area contributed by atoms with E-state index in [1.807, 2.05) is 0 Å². The summed E-state index contributed by atoms with van der Waals surface area (Å²) in [5.74, 6) is -1.11. The number of primary amides is 1. The fourth-order valence-corrected chi connectivity index (χ4v) is 2.09. The second-order valence-electron chi connectivity index (χ2n) is 4.35. The van der Waals surface area contributed by atoms with Crippen LogP contribution in [-0.4, -0.2) is 45.1 Å². The second kappa shape index (κ2) is 5.65. The van der Waals surface area contributed by atoms with Crippen molar-refractivity contribution in [2.24, 2.45) is 12.8 Å². The molecule has 0 aliphatic rings. The van der Waals surface area contributed by atoms with E-state index in [-0.39, 0.29) is 18.7 Å². The first-order chi connectivity index (χ1) is 9.91. The van der Waals surface area contributed by atoms with E-state index in [0.717, 1.165) is 0 Å². The van der Waals surface area contributed by atoms with Crippen molar-refractivity contribution in [3.8, 4) is 0 Å². The lowest BCUT2D eigenvalue weighted by Gasteiger charge is -2.11. The highest BCUT2D eigenvalue weighted by atomic mass is 16.5. The maximum Gasteiger partial charge on any atom is 0.404 e. The van der Waals surface area contributed by atoms with Crippen LogP contribution in [0.5, 0.6) is 0 Å². The molecule has 4 N–H and O–H groups in total. The van der Waals surface area contributed by atoms with E-state index in [1.165, 1.54) is 6.20 Å². The summed E-state index contributed by atoms with van der Waals surface area (Å²) in [4.78, 5) is 25.9. The number of hydrogen-bond donors (Lipinski definition) is 3. The number of nitrogens with one attached hydrogen (secondary N) is 1. The number of carboxylic acid groups (broad SMARTS) is 1. The van der Waals surface area contributed by atoms with Gasteiger partial charge in [0.15, 0.2) is 5.65 Å². The van der Waals surface area contributed by atoms with Crippen LogP contribution < -0.4 is 11.1 Å². The number of carbonyl (C=O) groups is 2. The molecule has 0 radical (unpaired) electrons. The fraction of sp³-hybridized carbons (Fsp3) is 0.333. The summed E-state index contributed by atoms with van der Waals surface area (Å²) in [7, 11) is 1.72. The Kier molecular flexibility index (Phi) is 3.92. The number of rotatable bonds is 5. The van der Waals surface area contributed by atoms with Crippen molar-refractivity contribution in [3.63, 3.8) is 0 Å². The molecule has 0 spiro atoms. The van der Waals surface area contributed by atoms with Gasteiger partial charge in [-0.2, -0.15) is 5.10 Å². The lowest BCUT2D eigenvalue weighted by atomic mass is 10.1. The van der Waals surface area contributed by atoms with Crippen LogP contribution in [0.25, 0.3) is 11.0 Å². The van der Waals surface area contributed by atoms with Gasteiger partial charge in [-0.25, -0.2) is 14.6 Å². The summed E-state index contributed by atoms with van der Waals surface area (Å²) in [6.45, 7) is 2.01. The number of aromatic carboxylic acids is 1. The third kappa shape index (κ3) is 2.86. The molecule has 0 fully saturated rings. The molecule has 21 heavy (non-hydrogen) atoms. The number of carboxylic acids is 1. The first kappa shape index (κ1) is 14.6. The van der Waals surface area contributed by atoms with E-state index < -0.39 is 12.1 Å². The largest absolute Gasteiger partial charge is 0.478 e. The molecule has 0 atom stereocenters. The molecule has 0 aliphatic heterocycles. The predicted molar refractivity (Wildman–Crippen MR) is 74.2 cm³/mol. The van der Waals surface area contributed by atoms with E-state index in [1.54, 1.807) is 18.7 Å². The smallest absolute Gasteiger partial charge is 0.404 e. The first-order valence-corrected chi connectivity index (χ1v) is 6.13. The molecule has 0 aromatic carbocycles. The zero-order valence-electron chi connectivity index (χ0n) is 11.6. The van der Waals surface area contributed by atoms with E-state index in [4.69, 9.17) is 5.73 Å². The van der Waals surface area contributed by atoms with Gasteiger partial charge in [0.1, 0.15) is 12.2 Å². The molecule has 0 saturated heterocycles. The summed E-state index contributed by atoms with van der Waals surface area (Å²) < 4.78 is 6.17. The molecule has 112 valence electrons. The topological polar surface area (TPSA) is 132 Å². The molecule has 0 bridgehead atoms. The minimum atomic E-state index is -1.11. The van der Waals surface area contributed by atoms with Crippen LogP contribution in [0, 0.1) is 6.92 Å². The number of ether oxygens (including phenoxy) is 1. The Balaban J connectivity index is 2.39. The summed E-state index contributed by atoms with van der Waals surface area (Å²) in [6.07, 6.45) is 0.385. The van der Waals surface area contributed by atoms with Crippen LogP contribution >= 0.6 is 0 Å². The van der Waals surface area contributed by atoms with Gasteiger partial charge in [0.2, 0.25) is 0 Å². The quantitative estimate of drug-likeness (QED) is 0.683. The lowest BCUT2D eigenvalue weighted by molar-refractivity contribution is 0.0697. The van der Waals surface area contributed by atoms with E-state index in [9.17, 15) is 14.7 Å². The molecule has 2 rings (SSSR count). The van der Waals surface area contributed by atoms with Crippen molar-refractivity contribution >= 4 is 28.8 Å². The van der Waals surface area contributed by atoms with E-state index >= 15 is 0 Å². The number of amides is 1. The summed E-state index contributed by atoms with van der Waals surface area (Å²) in [6, 6.07) is 0. The minimum Gasteiger partial charge on any atom is -0.478 e. The molecule has 9 nitrogen and oxygen atoms in total. The second-order valence-corrected chi connectivity index (χ2v) is 4.35. The standard InChI is InChI=1S/C12H15N5O4/c1-6-8-9(14-3-4-21-12(13)20)7(11(18)19)5-15-10(8)17(2)16-6/h5H,3-4H2,1-2H3,(H2,13,20)(H,14,15)(H,18,19). The average molecular weight is 293 g/mol. The van der Waals surface area contributed by atoms with Crippen molar-refractivity contribution in [2.45, 2.75) is 6.92 Å². The average Bonchev–Trinajstić information content (AvgIpc) is 2.69. The van der Waals surface area contributed by atoms with Gasteiger partial charge < -0.3 is 20.9 Å². The monoisotopic (exact) mass is 293 g/mol. The van der Waals surface area contributed by atoms with E-state index in [2.05, 4.69) is 20.1 Å². The molecule has 2 aromatic rings. The van der Waals surface area contributed by atoms with Crippen LogP contribution in [-0.2, 0) is 11.8 Å². The van der Waals surface area contributed by atoms with Gasteiger partial charge in [-0.05, 0) is 6.92 Å². The first-order valence-electron chi connectivity index (χ1n) is 6.13. The van der Waals surface area contributed by atoms with Crippen LogP contribution in [0.4, 0.5) is 10.5 Å². The lowest BCUT2D eigenvalue weighted by Crippen LogP contribution is -2.19. The fourth-order valence-electron chi connectivity index (χ4n) is 2.09. The molecule has 9 heteroatoms. The van der Waals surface area contributed by atoms with Crippen molar-refractivity contribution in [1.82, 2.24) is 14.8 Å². The zero-order chi connectivity index (χ0) is 15.6. The maximum absolute atomic E-state index is 11.3. The molecular formula is C12H15N5O4. The maximum atomic E-state index is 11.3. The van der Waals surface area contributed by atoms with Crippen molar-refractivity contribution < 1.29 is 19.4 Å². The number of pyridine rings is 1. The molecule has 2 aromatic heterocycles. The van der Waals surface area contributed by atoms with Gasteiger partial charge in [-0.1, -0.05) is 0 Å². The number of nitrogens with zero attached hydrogens (tertiary/aromatic N) is 3. The van der Waals surface area contributed by atoms with Gasteiger partial charge in [0.25, 0.3) is 0 Å². The van der Waals surface area contributed by atoms with Crippen LogP contribution in [0.1, 0.15) is 16.1 Å². The van der Waals surface area contributed by atoms with Crippen molar-refractivity contribution in [1.29, 1.82) is 0 Å². The Hall–Kier alpha value is -2.84. The van der Waals surface area contributed by atoms with E-state index in [0.29, 0.717) is 22.4 Å². The van der Waals surface area contributed by atoms with Crippen LogP contribution in [0.2, 0.25) is 0 Å². The molecule has 0 aliphatic carbocycles. The molecule has 1 amide bonds. The number of hydrogen-bond acceptors (Lipinski definition) is 6. The highest BCUT2D eigenvalue weighted by Gasteiger charge is 2.19. The Labute approximate surface area is 119 Å². The number of carbonyl (C=O) groups excluding carboxylic acids is 1. The van der Waals surface area contributed by atoms with Crippen molar-refractivity contribution in [3.05, 3.63) is 17.5 Å². The number of nitrogens with two attached hydrogens (primary N) is 1. The van der Waals surface area contributed by atoms with Gasteiger partial charge in [-0.3, -0.25) is 4.68 Å². The molecule has 0 saturated carbocycles. The minimum absolute atomic E-state index is 0.0253. The van der Waals surface area contributed by atoms with Crippen LogP contribution in [0.3, 0.4) is 0 Å². The Morgan fingerprint density at radius 1 is 1.52 bits per heavy atom. The van der Waals surface area contributed by atoms with Gasteiger partial charge >= 0.3 is 12.1 Å². The predicted octanol–water partition coefficient (Wildman–Crippen LogP) is 0.482. The summed E-state index contributed by atoms with van der Waals surface area (Å²) >= 11 is 0. The Bertz CT molecular complexity index is 709. The summed E-state index contributed by atoms with van der Waals surface area (Å²) in [5.41, 5.74) is 6.50. The molecular weight excluding hydrogens is 278 g/mol. The molecule has 0 unspecified atom stereocenters. The third-order valence-corrected chi connectivity index (χ3v) is 2.91. The SMILES string of the molecule is Cc1nn(C)c2ncc(C(=O)O)c(NCCOC(N)=O)c12. The van der Waals surface area contributed by atoms with Gasteiger partial charge in [0.05, 0.1) is 16.8 Å². The summed E-state index contributed by atoms with van der Waals surface area (Å²) in [5, 5.41) is 17.0. The third-order valence-electron chi connectivity index (χ3n) is 2.91. The molecule has 2 heterocycles. The number of aromatic nitrogens is 3. The Morgan fingerprint density at radius 3 is 2.86 bits per heavy atom. The normalized spacial score (nSPS) is 10.6. The van der Waals surface area contributed by atoms with Crippen molar-refractivity contribution in [2.75, 3.05) is 18.5 Å². The number of aryl methyl sites for hydroxylation is 2. The highest BCUT2D eigenvalue weighted by Crippen LogP contribution is 2.28. The Morgan fingerprint density at radius 2 is 2.24 bits per heavy atom. The van der Waals surface area contributed by atoms with Crippen LogP contribution in [0.15, 0.2) is 6.20 Å². The van der Waals surface area contributed by atoms with Gasteiger partial charge in [0, 0.05) is 19.8 Å². The van der Waals surface area contributed by atoms with Gasteiger partial charge in [-0.15, -0.1) is 0 Å². The number of anilines is 1. The highest BCUT2D eigenvalue weighted by molar-refractivity contribution is 6.04. The zero-order valence-corrected chi connectivity index (χ0v) is 11.6. The number of fused-ring (bicyclic) bond motifs is 1.